The van der Waals surface area contributed by atoms with Gasteiger partial charge in [0, 0.05) is 45.3 Å². The van der Waals surface area contributed by atoms with Gasteiger partial charge in [-0.1, -0.05) is 24.3 Å². The maximum atomic E-state index is 12.5. The molecule has 2 amide bonds. The molecule has 32 heavy (non-hydrogen) atoms. The smallest absolute Gasteiger partial charge is 0.271 e. The number of phenolic OH excluding ortho intramolecular Hbond substituents is 1. The summed E-state index contributed by atoms with van der Waals surface area (Å²) >= 11 is 0. The van der Waals surface area contributed by atoms with Crippen LogP contribution in [-0.4, -0.2) is 27.2 Å². The molecule has 4 rings (SSSR count). The van der Waals surface area contributed by atoms with Gasteiger partial charge in [-0.3, -0.25) is 9.59 Å². The summed E-state index contributed by atoms with van der Waals surface area (Å²) in [5.74, 6) is -0.688. The summed E-state index contributed by atoms with van der Waals surface area (Å²) in [7, 11) is 0. The molecule has 0 radical (unpaired) electrons. The highest BCUT2D eigenvalue weighted by atomic mass is 16.3. The number of carbonyl (C=O) groups excluding carboxylic acids is 2. The molecule has 162 valence electrons. The number of para-hydroxylation sites is 1. The SMILES string of the molecule is CCn1c2ccccc2c2cc(NC(=O)C/C(C)=N\NC(=O)c3cccc(O)c3)ccc21. The number of aromatic nitrogens is 1. The molecule has 1 aromatic heterocycles. The second-order valence-electron chi connectivity index (χ2n) is 7.56. The number of anilines is 1. The van der Waals surface area contributed by atoms with Crippen molar-refractivity contribution in [3.8, 4) is 5.75 Å². The van der Waals surface area contributed by atoms with Crippen molar-refractivity contribution >= 4 is 45.0 Å². The van der Waals surface area contributed by atoms with Crippen molar-refractivity contribution in [2.75, 3.05) is 5.32 Å². The molecule has 0 saturated heterocycles. The van der Waals surface area contributed by atoms with Crippen LogP contribution in [0.15, 0.2) is 71.8 Å². The van der Waals surface area contributed by atoms with Crippen LogP contribution in [-0.2, 0) is 11.3 Å². The quantitative estimate of drug-likeness (QED) is 0.308. The minimum absolute atomic E-state index is 0.00300. The number of nitrogens with one attached hydrogen (secondary N) is 2. The number of phenols is 1. The molecule has 0 saturated carbocycles. The maximum Gasteiger partial charge on any atom is 0.271 e. The van der Waals surface area contributed by atoms with E-state index in [1.165, 1.54) is 17.6 Å². The van der Waals surface area contributed by atoms with Crippen LogP contribution in [0, 0.1) is 0 Å². The molecule has 0 aliphatic carbocycles. The van der Waals surface area contributed by atoms with Crippen LogP contribution in [0.2, 0.25) is 0 Å². The first-order valence-corrected chi connectivity index (χ1v) is 10.4. The first-order valence-electron chi connectivity index (χ1n) is 10.4. The van der Waals surface area contributed by atoms with Crippen molar-refractivity contribution in [2.24, 2.45) is 5.10 Å². The molecule has 0 atom stereocenters. The van der Waals surface area contributed by atoms with E-state index in [1.807, 2.05) is 30.3 Å². The molecule has 1 heterocycles. The Morgan fingerprint density at radius 1 is 0.969 bits per heavy atom. The Labute approximate surface area is 185 Å². The van der Waals surface area contributed by atoms with Gasteiger partial charge in [0.1, 0.15) is 5.75 Å². The van der Waals surface area contributed by atoms with Crippen LogP contribution in [0.5, 0.6) is 5.75 Å². The van der Waals surface area contributed by atoms with E-state index in [9.17, 15) is 14.7 Å². The third-order valence-corrected chi connectivity index (χ3v) is 5.25. The lowest BCUT2D eigenvalue weighted by Crippen LogP contribution is -2.21. The standard InChI is InChI=1S/C25H24N4O3/c1-3-29-22-10-5-4-9-20(22)21-15-18(11-12-23(21)29)26-24(31)13-16(2)27-28-25(32)17-7-6-8-19(30)14-17/h4-12,14-15,30H,3,13H2,1-2H3,(H,26,31)(H,28,32)/b27-16-. The van der Waals surface area contributed by atoms with Gasteiger partial charge in [-0.15, -0.1) is 0 Å². The lowest BCUT2D eigenvalue weighted by molar-refractivity contribution is -0.115. The number of aromatic hydroxyl groups is 1. The predicted octanol–water partition coefficient (Wildman–Crippen LogP) is 4.65. The summed E-state index contributed by atoms with van der Waals surface area (Å²) in [4.78, 5) is 24.6. The van der Waals surface area contributed by atoms with Crippen LogP contribution in [0.4, 0.5) is 5.69 Å². The number of hydrazone groups is 1. The third-order valence-electron chi connectivity index (χ3n) is 5.25. The van der Waals surface area contributed by atoms with E-state index in [1.54, 1.807) is 19.1 Å². The number of amides is 2. The second kappa shape index (κ2) is 8.93. The number of nitrogens with zero attached hydrogens (tertiary/aromatic N) is 2. The van der Waals surface area contributed by atoms with E-state index in [-0.39, 0.29) is 23.6 Å². The minimum Gasteiger partial charge on any atom is -0.508 e. The Morgan fingerprint density at radius 3 is 2.53 bits per heavy atom. The van der Waals surface area contributed by atoms with Crippen molar-refractivity contribution in [1.29, 1.82) is 0 Å². The number of aryl methyl sites for hydroxylation is 1. The monoisotopic (exact) mass is 428 g/mol. The van der Waals surface area contributed by atoms with E-state index in [4.69, 9.17) is 0 Å². The van der Waals surface area contributed by atoms with Crippen molar-refractivity contribution in [3.63, 3.8) is 0 Å². The van der Waals surface area contributed by atoms with Crippen molar-refractivity contribution < 1.29 is 14.7 Å². The average Bonchev–Trinajstić information content (AvgIpc) is 3.10. The molecule has 0 unspecified atom stereocenters. The lowest BCUT2D eigenvalue weighted by Gasteiger charge is -2.07. The van der Waals surface area contributed by atoms with E-state index in [0.29, 0.717) is 11.4 Å². The van der Waals surface area contributed by atoms with E-state index < -0.39 is 5.91 Å². The molecule has 7 heteroatoms. The highest BCUT2D eigenvalue weighted by Gasteiger charge is 2.12. The number of fused-ring (bicyclic) bond motifs is 3. The molecule has 4 aromatic rings. The van der Waals surface area contributed by atoms with Gasteiger partial charge in [-0.05, 0) is 56.3 Å². The zero-order valence-corrected chi connectivity index (χ0v) is 17.9. The molecule has 7 nitrogen and oxygen atoms in total. The fourth-order valence-electron chi connectivity index (χ4n) is 3.81. The Hall–Kier alpha value is -4.13. The highest BCUT2D eigenvalue weighted by Crippen LogP contribution is 2.31. The molecule has 0 bridgehead atoms. The van der Waals surface area contributed by atoms with E-state index in [2.05, 4.69) is 39.5 Å². The molecule has 0 spiro atoms. The van der Waals surface area contributed by atoms with Gasteiger partial charge in [0.25, 0.3) is 5.91 Å². The fourth-order valence-corrected chi connectivity index (χ4v) is 3.81. The summed E-state index contributed by atoms with van der Waals surface area (Å²) in [5, 5.41) is 18.6. The van der Waals surface area contributed by atoms with Gasteiger partial charge < -0.3 is 15.0 Å². The third kappa shape index (κ3) is 4.32. The summed E-state index contributed by atoms with van der Waals surface area (Å²) in [6.45, 7) is 4.64. The first kappa shape index (κ1) is 21.1. The van der Waals surface area contributed by atoms with Crippen LogP contribution >= 0.6 is 0 Å². The van der Waals surface area contributed by atoms with Crippen molar-refractivity contribution in [1.82, 2.24) is 9.99 Å². The van der Waals surface area contributed by atoms with Crippen molar-refractivity contribution in [3.05, 3.63) is 72.3 Å². The minimum atomic E-state index is -0.460. The highest BCUT2D eigenvalue weighted by molar-refractivity contribution is 6.11. The molecular weight excluding hydrogens is 404 g/mol. The van der Waals surface area contributed by atoms with Crippen LogP contribution in [0.25, 0.3) is 21.8 Å². The van der Waals surface area contributed by atoms with Gasteiger partial charge >= 0.3 is 0 Å². The average molecular weight is 428 g/mol. The predicted molar refractivity (Wildman–Crippen MR) is 127 cm³/mol. The normalized spacial score (nSPS) is 11.6. The topological polar surface area (TPSA) is 95.7 Å². The van der Waals surface area contributed by atoms with Crippen molar-refractivity contribution in [2.45, 2.75) is 26.8 Å². The van der Waals surface area contributed by atoms with Crippen LogP contribution in [0.3, 0.4) is 0 Å². The largest absolute Gasteiger partial charge is 0.508 e. The van der Waals surface area contributed by atoms with E-state index >= 15 is 0 Å². The summed E-state index contributed by atoms with van der Waals surface area (Å²) in [6.07, 6.45) is 0.0368. The summed E-state index contributed by atoms with van der Waals surface area (Å²) in [5.41, 5.74) is 6.14. The second-order valence-corrected chi connectivity index (χ2v) is 7.56. The van der Waals surface area contributed by atoms with Gasteiger partial charge in [-0.25, -0.2) is 5.43 Å². The lowest BCUT2D eigenvalue weighted by atomic mass is 10.1. The molecule has 0 aliphatic rings. The zero-order valence-electron chi connectivity index (χ0n) is 17.9. The van der Waals surface area contributed by atoms with Crippen LogP contribution in [0.1, 0.15) is 30.6 Å². The zero-order chi connectivity index (χ0) is 22.7. The van der Waals surface area contributed by atoms with Gasteiger partial charge in [-0.2, -0.15) is 5.10 Å². The molecule has 3 aromatic carbocycles. The molecular formula is C25H24N4O3. The van der Waals surface area contributed by atoms with E-state index in [0.717, 1.165) is 22.8 Å². The van der Waals surface area contributed by atoms with Gasteiger partial charge in [0.2, 0.25) is 5.91 Å². The number of carbonyl (C=O) groups is 2. The molecule has 0 fully saturated rings. The Bertz CT molecular complexity index is 1350. The number of benzene rings is 3. The number of hydrogen-bond acceptors (Lipinski definition) is 4. The van der Waals surface area contributed by atoms with Gasteiger partial charge in [0.05, 0.1) is 6.42 Å². The Balaban J connectivity index is 1.45. The molecule has 0 aliphatic heterocycles. The Kier molecular flexibility index (Phi) is 5.89. The fraction of sp³-hybridized carbons (Fsp3) is 0.160. The molecule has 3 N–H and O–H groups in total. The Morgan fingerprint density at radius 2 is 1.75 bits per heavy atom. The maximum absolute atomic E-state index is 12.5. The number of hydrogen-bond donors (Lipinski definition) is 3. The number of rotatable bonds is 6. The summed E-state index contributed by atoms with van der Waals surface area (Å²) < 4.78 is 2.25. The van der Waals surface area contributed by atoms with Crippen LogP contribution < -0.4 is 10.7 Å². The first-order chi connectivity index (χ1) is 15.5. The summed E-state index contributed by atoms with van der Waals surface area (Å²) in [6, 6.07) is 20.1. The van der Waals surface area contributed by atoms with Gasteiger partial charge in [0.15, 0.2) is 0 Å².